The van der Waals surface area contributed by atoms with Gasteiger partial charge < -0.3 is 39.4 Å². The van der Waals surface area contributed by atoms with Crippen LogP contribution in [0.3, 0.4) is 0 Å². The molecule has 0 saturated carbocycles. The molecule has 238 valence electrons. The monoisotopic (exact) mass is 592 g/mol. The van der Waals surface area contributed by atoms with Crippen LogP contribution in [-0.2, 0) is 43.1 Å². The lowest BCUT2D eigenvalue weighted by Crippen LogP contribution is -2.62. The van der Waals surface area contributed by atoms with Crippen molar-refractivity contribution in [1.82, 2.24) is 0 Å². The number of esters is 2. The van der Waals surface area contributed by atoms with Crippen LogP contribution in [0.15, 0.2) is 12.2 Å². The molecule has 0 aliphatic carbocycles. The van der Waals surface area contributed by atoms with Gasteiger partial charge in [-0.25, -0.2) is 4.79 Å². The molecule has 1 rings (SSSR count). The van der Waals surface area contributed by atoms with E-state index < -0.39 is 80.6 Å². The van der Waals surface area contributed by atoms with Crippen LogP contribution in [0.5, 0.6) is 0 Å². The molecule has 4 N–H and O–H groups in total. The molecule has 7 atom stereocenters. The molecule has 0 amide bonds. The van der Waals surface area contributed by atoms with Crippen LogP contribution in [0, 0.1) is 0 Å². The first-order valence-corrected chi connectivity index (χ1v) is 14.4. The molecule has 13 nitrogen and oxygen atoms in total. The molecule has 0 aromatic heterocycles. The molecule has 1 aliphatic heterocycles. The fourth-order valence-electron chi connectivity index (χ4n) is 4.01. The van der Waals surface area contributed by atoms with Crippen molar-refractivity contribution in [3.8, 4) is 0 Å². The maximum atomic E-state index is 12.8. The van der Waals surface area contributed by atoms with E-state index in [9.17, 15) is 29.7 Å². The average Bonchev–Trinajstić information content (AvgIpc) is 2.94. The number of hydrogen-bond donors (Lipinski definition) is 4. The number of rotatable bonds is 21. The fraction of sp³-hybridized carbons (Fsp3) is 0.821. The van der Waals surface area contributed by atoms with Gasteiger partial charge in [0.2, 0.25) is 0 Å². The van der Waals surface area contributed by atoms with Crippen molar-refractivity contribution in [2.75, 3.05) is 19.8 Å². The van der Waals surface area contributed by atoms with E-state index in [1.165, 1.54) is 19.3 Å². The number of carbonyl (C=O) groups is 3. The number of hydrogen-bond acceptors (Lipinski definition) is 13. The van der Waals surface area contributed by atoms with E-state index in [0.29, 0.717) is 19.3 Å². The van der Waals surface area contributed by atoms with E-state index >= 15 is 0 Å². The fourth-order valence-corrected chi connectivity index (χ4v) is 4.01. The summed E-state index contributed by atoms with van der Waals surface area (Å²) in [6.07, 6.45) is 1.24. The minimum Gasteiger partial charge on any atom is -0.456 e. The van der Waals surface area contributed by atoms with Gasteiger partial charge in [-0.3, -0.25) is 14.5 Å². The van der Waals surface area contributed by atoms with Crippen LogP contribution in [0.25, 0.3) is 0 Å². The highest BCUT2D eigenvalue weighted by Crippen LogP contribution is 2.30. The van der Waals surface area contributed by atoms with Crippen LogP contribution in [0.1, 0.15) is 85.0 Å². The zero-order chi connectivity index (χ0) is 30.6. The lowest BCUT2D eigenvalue weighted by Gasteiger charge is -2.43. The first-order chi connectivity index (χ1) is 19.7. The summed E-state index contributed by atoms with van der Waals surface area (Å²) < 4.78 is 22.1. The quantitative estimate of drug-likeness (QED) is 0.0495. The molecule has 1 heterocycles. The lowest BCUT2D eigenvalue weighted by atomic mass is 9.98. The summed E-state index contributed by atoms with van der Waals surface area (Å²) in [5.74, 6) is -2.16. The Labute approximate surface area is 241 Å². The number of ether oxygens (including phenoxy) is 4. The molecular formula is C28H48O13. The number of allylic oxidation sites excluding steroid dienone is 2. The molecule has 0 aromatic carbocycles. The summed E-state index contributed by atoms with van der Waals surface area (Å²) in [6, 6.07) is 0. The smallest absolute Gasteiger partial charge is 0.342 e. The van der Waals surface area contributed by atoms with Crippen LogP contribution in [-0.4, -0.2) is 101 Å². The average molecular weight is 593 g/mol. The largest absolute Gasteiger partial charge is 0.456 e. The van der Waals surface area contributed by atoms with Gasteiger partial charge in [0.1, 0.15) is 18.3 Å². The van der Waals surface area contributed by atoms with E-state index in [1.54, 1.807) is 6.92 Å². The topological polar surface area (TPSA) is 188 Å². The lowest BCUT2D eigenvalue weighted by molar-refractivity contribution is -0.391. The third-order valence-electron chi connectivity index (χ3n) is 6.25. The second-order valence-electron chi connectivity index (χ2n) is 9.88. The molecule has 13 heteroatoms. The van der Waals surface area contributed by atoms with Gasteiger partial charge in [-0.15, -0.1) is 0 Å². The molecule has 0 unspecified atom stereocenters. The van der Waals surface area contributed by atoms with Gasteiger partial charge in [0.25, 0.3) is 0 Å². The Morgan fingerprint density at radius 1 is 0.829 bits per heavy atom. The number of aliphatic hydroxyl groups is 4. The summed E-state index contributed by atoms with van der Waals surface area (Å²) >= 11 is 0. The Balaban J connectivity index is 3.03. The van der Waals surface area contributed by atoms with E-state index in [2.05, 4.69) is 13.0 Å². The third kappa shape index (κ3) is 14.5. The normalized spacial score (nSPS) is 24.1. The second-order valence-corrected chi connectivity index (χ2v) is 9.88. The molecule has 0 bridgehead atoms. The summed E-state index contributed by atoms with van der Waals surface area (Å²) in [5, 5.41) is 38.7. The Morgan fingerprint density at radius 3 is 2.15 bits per heavy atom. The molecule has 0 spiro atoms. The number of unbranched alkanes of at least 4 members (excludes halogenated alkanes) is 5. The summed E-state index contributed by atoms with van der Waals surface area (Å²) in [6.45, 7) is 3.03. The summed E-state index contributed by atoms with van der Waals surface area (Å²) in [4.78, 5) is 46.9. The standard InChI is InChI=1S/C28H48O13/c1-4-6-7-8-9-10-11-12-13-15-23(34)39-26-25(37-19(3)31)22(17-30)38-28(36-18-21(33)20(32)16-29)27(26)41-40-24(35)14-5-2/h10-11,20-22,25-30,32-33H,4-9,12-18H2,1-3H3/b11-10+/t20-,21+,22-,25-,26+,27+,28-/m1/s1. The van der Waals surface area contributed by atoms with E-state index in [1.807, 2.05) is 6.08 Å². The van der Waals surface area contributed by atoms with Gasteiger partial charge in [-0.2, -0.15) is 4.89 Å². The molecule has 0 radical (unpaired) electrons. The van der Waals surface area contributed by atoms with E-state index in [0.717, 1.165) is 19.8 Å². The van der Waals surface area contributed by atoms with E-state index in [4.69, 9.17) is 33.8 Å². The molecule has 1 fully saturated rings. The molecular weight excluding hydrogens is 544 g/mol. The van der Waals surface area contributed by atoms with Crippen molar-refractivity contribution in [1.29, 1.82) is 0 Å². The van der Waals surface area contributed by atoms with Crippen LogP contribution in [0.2, 0.25) is 0 Å². The van der Waals surface area contributed by atoms with Gasteiger partial charge in [-0.05, 0) is 32.1 Å². The Kier molecular flexibility index (Phi) is 19.4. The molecule has 1 aliphatic rings. The highest BCUT2D eigenvalue weighted by molar-refractivity contribution is 5.70. The van der Waals surface area contributed by atoms with Crippen molar-refractivity contribution in [3.05, 3.63) is 12.2 Å². The Hall–Kier alpha value is -2.13. The first kappa shape index (κ1) is 36.9. The van der Waals surface area contributed by atoms with Crippen molar-refractivity contribution in [3.63, 3.8) is 0 Å². The minimum atomic E-state index is -1.54. The minimum absolute atomic E-state index is 0.0172. The number of carbonyl (C=O) groups excluding carboxylic acids is 3. The van der Waals surface area contributed by atoms with Gasteiger partial charge in [-0.1, -0.05) is 45.3 Å². The van der Waals surface area contributed by atoms with Crippen molar-refractivity contribution >= 4 is 17.9 Å². The summed E-state index contributed by atoms with van der Waals surface area (Å²) in [5.41, 5.74) is 0. The zero-order valence-electron chi connectivity index (χ0n) is 24.4. The van der Waals surface area contributed by atoms with Crippen molar-refractivity contribution in [2.24, 2.45) is 0 Å². The SMILES string of the molecule is CCCCCC/C=C/CCCC(=O)O[C@@H]1[C@H](OOC(=O)CCC)[C@H](OC[C@H](O)[C@H](O)CO)O[C@H](CO)[C@H]1OC(C)=O. The van der Waals surface area contributed by atoms with Gasteiger partial charge in [0.05, 0.1) is 19.8 Å². The van der Waals surface area contributed by atoms with Crippen LogP contribution < -0.4 is 0 Å². The Morgan fingerprint density at radius 2 is 1.54 bits per heavy atom. The first-order valence-electron chi connectivity index (χ1n) is 14.4. The summed E-state index contributed by atoms with van der Waals surface area (Å²) in [7, 11) is 0. The van der Waals surface area contributed by atoms with Gasteiger partial charge >= 0.3 is 17.9 Å². The van der Waals surface area contributed by atoms with Crippen molar-refractivity contribution < 1.29 is 63.5 Å². The van der Waals surface area contributed by atoms with E-state index in [-0.39, 0.29) is 12.8 Å². The highest BCUT2D eigenvalue weighted by Gasteiger charge is 2.52. The van der Waals surface area contributed by atoms with Gasteiger partial charge in [0.15, 0.2) is 24.6 Å². The molecule has 0 aromatic rings. The molecule has 1 saturated heterocycles. The molecule has 41 heavy (non-hydrogen) atoms. The maximum absolute atomic E-state index is 12.8. The number of aliphatic hydroxyl groups excluding tert-OH is 4. The third-order valence-corrected chi connectivity index (χ3v) is 6.25. The van der Waals surface area contributed by atoms with Crippen LogP contribution in [0.4, 0.5) is 0 Å². The predicted molar refractivity (Wildman–Crippen MR) is 144 cm³/mol. The Bertz CT molecular complexity index is 774. The van der Waals surface area contributed by atoms with Crippen LogP contribution >= 0.6 is 0 Å². The maximum Gasteiger partial charge on any atom is 0.342 e. The predicted octanol–water partition coefficient (Wildman–Crippen LogP) is 1.62. The second kappa shape index (κ2) is 21.6. The highest BCUT2D eigenvalue weighted by atomic mass is 17.2. The van der Waals surface area contributed by atoms with Gasteiger partial charge in [0, 0.05) is 19.8 Å². The zero-order valence-corrected chi connectivity index (χ0v) is 24.4. The van der Waals surface area contributed by atoms with Crippen molar-refractivity contribution in [2.45, 2.75) is 128 Å².